The van der Waals surface area contributed by atoms with Gasteiger partial charge in [-0.15, -0.1) is 0 Å². The fourth-order valence-electron chi connectivity index (χ4n) is 1.84. The second-order valence-corrected chi connectivity index (χ2v) is 4.30. The fourth-order valence-corrected chi connectivity index (χ4v) is 1.84. The van der Waals surface area contributed by atoms with E-state index in [0.717, 1.165) is 0 Å². The second-order valence-electron chi connectivity index (χ2n) is 4.30. The van der Waals surface area contributed by atoms with Gasteiger partial charge in [0.1, 0.15) is 11.3 Å². The third-order valence-corrected chi connectivity index (χ3v) is 2.76. The second kappa shape index (κ2) is 6.00. The van der Waals surface area contributed by atoms with Crippen LogP contribution < -0.4 is 4.74 Å². The summed E-state index contributed by atoms with van der Waals surface area (Å²) in [6.45, 7) is 1.18. The summed E-state index contributed by atoms with van der Waals surface area (Å²) in [5, 5.41) is 9.15. The fraction of sp³-hybridized carbons (Fsp3) is 0.0625. The van der Waals surface area contributed by atoms with Gasteiger partial charge in [0, 0.05) is 18.1 Å². The van der Waals surface area contributed by atoms with E-state index in [4.69, 9.17) is 9.84 Å². The van der Waals surface area contributed by atoms with Crippen molar-refractivity contribution in [2.75, 3.05) is 0 Å². The average Bonchev–Trinajstić information content (AvgIpc) is 2.47. The number of aromatic carboxylic acids is 1. The molecular weight excluding hydrogens is 272 g/mol. The molecule has 2 aromatic rings. The number of carboxylic acids is 1. The Labute approximate surface area is 120 Å². The van der Waals surface area contributed by atoms with Crippen LogP contribution in [0.3, 0.4) is 0 Å². The number of rotatable bonds is 4. The zero-order chi connectivity index (χ0) is 15.4. The summed E-state index contributed by atoms with van der Waals surface area (Å²) in [6, 6.07) is 12.4. The highest BCUT2D eigenvalue weighted by molar-refractivity contribution is 6.10. The van der Waals surface area contributed by atoms with Crippen molar-refractivity contribution in [3.8, 4) is 5.75 Å². The van der Waals surface area contributed by atoms with E-state index in [-0.39, 0.29) is 22.7 Å². The van der Waals surface area contributed by atoms with Gasteiger partial charge in [-0.1, -0.05) is 30.3 Å². The highest BCUT2D eigenvalue weighted by Gasteiger charge is 2.17. The van der Waals surface area contributed by atoms with E-state index in [2.05, 4.69) is 0 Å². The van der Waals surface area contributed by atoms with Crippen LogP contribution in [-0.4, -0.2) is 22.8 Å². The molecule has 0 unspecified atom stereocenters. The maximum absolute atomic E-state index is 12.3. The van der Waals surface area contributed by atoms with Gasteiger partial charge in [0.15, 0.2) is 5.78 Å². The first-order valence-electron chi connectivity index (χ1n) is 6.14. The van der Waals surface area contributed by atoms with E-state index in [0.29, 0.717) is 5.56 Å². The van der Waals surface area contributed by atoms with Crippen LogP contribution >= 0.6 is 0 Å². The molecule has 0 spiro atoms. The minimum absolute atomic E-state index is 0.0837. The van der Waals surface area contributed by atoms with Crippen molar-refractivity contribution in [1.29, 1.82) is 0 Å². The summed E-state index contributed by atoms with van der Waals surface area (Å²) in [7, 11) is 0. The van der Waals surface area contributed by atoms with Gasteiger partial charge in [-0.3, -0.25) is 9.59 Å². The number of hydrogen-bond donors (Lipinski definition) is 1. The van der Waals surface area contributed by atoms with Crippen LogP contribution in [0.1, 0.15) is 33.2 Å². The van der Waals surface area contributed by atoms with Crippen LogP contribution in [0.15, 0.2) is 48.5 Å². The third-order valence-electron chi connectivity index (χ3n) is 2.76. The van der Waals surface area contributed by atoms with E-state index in [1.54, 1.807) is 30.3 Å². The van der Waals surface area contributed by atoms with Crippen molar-refractivity contribution in [3.05, 3.63) is 65.2 Å². The van der Waals surface area contributed by atoms with Crippen LogP contribution in [-0.2, 0) is 4.79 Å². The quantitative estimate of drug-likeness (QED) is 0.530. The number of carbonyl (C=O) groups is 3. The normalized spacial score (nSPS) is 9.95. The molecule has 0 aromatic heterocycles. The maximum Gasteiger partial charge on any atom is 0.339 e. The summed E-state index contributed by atoms with van der Waals surface area (Å²) in [5.74, 6) is -2.28. The summed E-state index contributed by atoms with van der Waals surface area (Å²) in [6.07, 6.45) is 0. The molecule has 0 aliphatic heterocycles. The maximum atomic E-state index is 12.3. The lowest BCUT2D eigenvalue weighted by Gasteiger charge is -2.08. The lowest BCUT2D eigenvalue weighted by molar-refractivity contribution is -0.131. The molecule has 2 aromatic carbocycles. The number of ether oxygens (including phenoxy) is 1. The molecule has 0 aliphatic rings. The Hall–Kier alpha value is -2.95. The first-order chi connectivity index (χ1) is 9.99. The lowest BCUT2D eigenvalue weighted by atomic mass is 10.0. The molecule has 0 saturated heterocycles. The monoisotopic (exact) mass is 284 g/mol. The summed E-state index contributed by atoms with van der Waals surface area (Å²) >= 11 is 0. The molecule has 0 heterocycles. The van der Waals surface area contributed by atoms with E-state index in [9.17, 15) is 14.4 Å². The van der Waals surface area contributed by atoms with Crippen LogP contribution in [0.4, 0.5) is 0 Å². The predicted octanol–water partition coefficient (Wildman–Crippen LogP) is 2.54. The topological polar surface area (TPSA) is 80.7 Å². The Morgan fingerprint density at radius 2 is 1.62 bits per heavy atom. The number of ketones is 1. The number of esters is 1. The van der Waals surface area contributed by atoms with Gasteiger partial charge in [0.25, 0.3) is 0 Å². The molecule has 0 aliphatic carbocycles. The molecule has 0 fully saturated rings. The zero-order valence-electron chi connectivity index (χ0n) is 11.2. The Morgan fingerprint density at radius 3 is 2.19 bits per heavy atom. The van der Waals surface area contributed by atoms with Gasteiger partial charge >= 0.3 is 11.9 Å². The van der Waals surface area contributed by atoms with Crippen LogP contribution in [0.25, 0.3) is 0 Å². The van der Waals surface area contributed by atoms with Gasteiger partial charge < -0.3 is 9.84 Å². The van der Waals surface area contributed by atoms with Crippen molar-refractivity contribution in [2.45, 2.75) is 6.92 Å². The number of carboxylic acid groups (broad SMARTS) is 1. The molecule has 0 radical (unpaired) electrons. The SMILES string of the molecule is CC(=O)Oc1ccc(C(=O)c2ccccc2)cc1C(=O)O. The molecule has 106 valence electrons. The zero-order valence-corrected chi connectivity index (χ0v) is 11.2. The van der Waals surface area contributed by atoms with Crippen molar-refractivity contribution in [1.82, 2.24) is 0 Å². The average molecular weight is 284 g/mol. The Balaban J connectivity index is 2.43. The van der Waals surface area contributed by atoms with Gasteiger partial charge in [0.2, 0.25) is 0 Å². The van der Waals surface area contributed by atoms with Gasteiger partial charge in [0.05, 0.1) is 0 Å². The first-order valence-corrected chi connectivity index (χ1v) is 6.14. The van der Waals surface area contributed by atoms with Gasteiger partial charge in [-0.25, -0.2) is 4.79 Å². The molecule has 0 bridgehead atoms. The minimum atomic E-state index is -1.27. The molecule has 0 saturated carbocycles. The molecule has 0 amide bonds. The third kappa shape index (κ3) is 3.33. The highest BCUT2D eigenvalue weighted by atomic mass is 16.5. The molecule has 21 heavy (non-hydrogen) atoms. The van der Waals surface area contributed by atoms with Gasteiger partial charge in [-0.2, -0.15) is 0 Å². The van der Waals surface area contributed by atoms with Crippen LogP contribution in [0.5, 0.6) is 5.75 Å². The number of hydrogen-bond acceptors (Lipinski definition) is 4. The highest BCUT2D eigenvalue weighted by Crippen LogP contribution is 2.22. The largest absolute Gasteiger partial charge is 0.478 e. The molecule has 5 heteroatoms. The van der Waals surface area contributed by atoms with Crippen molar-refractivity contribution < 1.29 is 24.2 Å². The van der Waals surface area contributed by atoms with E-state index >= 15 is 0 Å². The standard InChI is InChI=1S/C16H12O5/c1-10(17)21-14-8-7-12(9-13(14)16(19)20)15(18)11-5-3-2-4-6-11/h2-9H,1H3,(H,19,20). The molecule has 1 N–H and O–H groups in total. The number of carbonyl (C=O) groups excluding carboxylic acids is 2. The number of benzene rings is 2. The summed E-state index contributed by atoms with van der Waals surface area (Å²) in [5.41, 5.74) is 0.440. The van der Waals surface area contributed by atoms with E-state index in [1.165, 1.54) is 25.1 Å². The van der Waals surface area contributed by atoms with Crippen molar-refractivity contribution in [2.24, 2.45) is 0 Å². The molecule has 0 atom stereocenters. The summed E-state index contributed by atoms with van der Waals surface area (Å²) < 4.78 is 4.82. The predicted molar refractivity (Wildman–Crippen MR) is 74.6 cm³/mol. The Kier molecular flexibility index (Phi) is 4.13. The van der Waals surface area contributed by atoms with Gasteiger partial charge in [-0.05, 0) is 18.2 Å². The molecule has 2 rings (SSSR count). The lowest BCUT2D eigenvalue weighted by Crippen LogP contribution is -2.09. The van der Waals surface area contributed by atoms with Crippen molar-refractivity contribution >= 4 is 17.7 Å². The van der Waals surface area contributed by atoms with Crippen LogP contribution in [0, 0.1) is 0 Å². The smallest absolute Gasteiger partial charge is 0.339 e. The summed E-state index contributed by atoms with van der Waals surface area (Å²) in [4.78, 5) is 34.4. The van der Waals surface area contributed by atoms with Crippen LogP contribution in [0.2, 0.25) is 0 Å². The van der Waals surface area contributed by atoms with Crippen molar-refractivity contribution in [3.63, 3.8) is 0 Å². The van der Waals surface area contributed by atoms with E-state index < -0.39 is 11.9 Å². The molecular formula is C16H12O5. The first kappa shape index (κ1) is 14.5. The molecule has 5 nitrogen and oxygen atoms in total. The van der Waals surface area contributed by atoms with E-state index in [1.807, 2.05) is 0 Å². The Bertz CT molecular complexity index is 704. The minimum Gasteiger partial charge on any atom is -0.478 e. The Morgan fingerprint density at radius 1 is 0.952 bits per heavy atom.